The summed E-state index contributed by atoms with van der Waals surface area (Å²) in [7, 11) is 0. The van der Waals surface area contributed by atoms with Gasteiger partial charge in [0.25, 0.3) is 0 Å². The quantitative estimate of drug-likeness (QED) is 0.838. The van der Waals surface area contributed by atoms with Crippen molar-refractivity contribution in [3.05, 3.63) is 11.9 Å². The molecule has 2 rings (SSSR count). The Balaban J connectivity index is 1.71. The third kappa shape index (κ3) is 6.22. The van der Waals surface area contributed by atoms with Crippen molar-refractivity contribution in [1.29, 1.82) is 0 Å². The highest BCUT2D eigenvalue weighted by molar-refractivity contribution is 4.94. The van der Waals surface area contributed by atoms with E-state index in [2.05, 4.69) is 42.9 Å². The van der Waals surface area contributed by atoms with Gasteiger partial charge in [-0.1, -0.05) is 32.9 Å². The van der Waals surface area contributed by atoms with Crippen molar-refractivity contribution in [2.45, 2.75) is 65.8 Å². The summed E-state index contributed by atoms with van der Waals surface area (Å²) in [6.45, 7) is 13.1. The van der Waals surface area contributed by atoms with Crippen molar-refractivity contribution in [1.82, 2.24) is 19.9 Å². The van der Waals surface area contributed by atoms with Crippen molar-refractivity contribution >= 4 is 0 Å². The van der Waals surface area contributed by atoms with E-state index in [1.807, 2.05) is 10.9 Å². The molecule has 5 nitrogen and oxygen atoms in total. The van der Waals surface area contributed by atoms with E-state index in [0.717, 1.165) is 37.5 Å². The summed E-state index contributed by atoms with van der Waals surface area (Å²) in [5.41, 5.74) is 1.33. The second-order valence-electron chi connectivity index (χ2n) is 8.39. The van der Waals surface area contributed by atoms with Gasteiger partial charge in [-0.05, 0) is 43.6 Å². The Kier molecular flexibility index (Phi) is 6.60. The molecule has 5 heteroatoms. The van der Waals surface area contributed by atoms with Gasteiger partial charge in [-0.3, -0.25) is 0 Å². The Labute approximate surface area is 141 Å². The average molecular weight is 322 g/mol. The fourth-order valence-corrected chi connectivity index (χ4v) is 3.68. The van der Waals surface area contributed by atoms with E-state index in [1.165, 1.54) is 19.4 Å². The number of rotatable bonds is 7. The minimum Gasteiger partial charge on any atom is -0.396 e. The average Bonchev–Trinajstić information content (AvgIpc) is 2.93. The Morgan fingerprint density at radius 2 is 2.00 bits per heavy atom. The topological polar surface area (TPSA) is 54.2 Å². The number of aromatic nitrogens is 3. The fourth-order valence-electron chi connectivity index (χ4n) is 3.68. The van der Waals surface area contributed by atoms with Gasteiger partial charge in [-0.2, -0.15) is 0 Å². The first kappa shape index (κ1) is 18.4. The molecule has 1 saturated heterocycles. The lowest BCUT2D eigenvalue weighted by Crippen LogP contribution is -2.36. The van der Waals surface area contributed by atoms with E-state index in [9.17, 15) is 0 Å². The molecule has 0 aliphatic carbocycles. The van der Waals surface area contributed by atoms with E-state index in [4.69, 9.17) is 5.11 Å². The number of likely N-dealkylation sites (tertiary alicyclic amines) is 1. The Hall–Kier alpha value is -0.940. The number of aliphatic hydroxyl groups is 1. The van der Waals surface area contributed by atoms with E-state index >= 15 is 0 Å². The van der Waals surface area contributed by atoms with Crippen molar-refractivity contribution < 1.29 is 5.11 Å². The molecule has 23 heavy (non-hydrogen) atoms. The minimum absolute atomic E-state index is 0.143. The van der Waals surface area contributed by atoms with Crippen molar-refractivity contribution in [3.8, 4) is 0 Å². The second kappa shape index (κ2) is 8.25. The zero-order valence-corrected chi connectivity index (χ0v) is 15.3. The molecule has 0 aromatic carbocycles. The highest BCUT2D eigenvalue weighted by atomic mass is 16.3. The molecule has 1 aliphatic rings. The molecule has 1 aromatic rings. The second-order valence-corrected chi connectivity index (χ2v) is 8.39. The smallest absolute Gasteiger partial charge is 0.0850 e. The number of aliphatic hydroxyl groups excluding tert-OH is 1. The summed E-state index contributed by atoms with van der Waals surface area (Å²) in [5, 5.41) is 17.3. The van der Waals surface area contributed by atoms with Crippen LogP contribution >= 0.6 is 0 Å². The first-order valence-electron chi connectivity index (χ1n) is 9.11. The van der Waals surface area contributed by atoms with Crippen LogP contribution in [0.15, 0.2) is 6.20 Å². The zero-order chi connectivity index (χ0) is 16.9. The lowest BCUT2D eigenvalue weighted by molar-refractivity contribution is 0.164. The Morgan fingerprint density at radius 1 is 1.30 bits per heavy atom. The third-order valence-corrected chi connectivity index (χ3v) is 4.76. The minimum atomic E-state index is 0.143. The van der Waals surface area contributed by atoms with Crippen molar-refractivity contribution in [3.63, 3.8) is 0 Å². The van der Waals surface area contributed by atoms with E-state index in [0.29, 0.717) is 17.9 Å². The molecule has 1 N–H and O–H groups in total. The molecule has 0 saturated carbocycles. The molecular weight excluding hydrogens is 288 g/mol. The lowest BCUT2D eigenvalue weighted by Gasteiger charge is -2.33. The predicted octanol–water partition coefficient (Wildman–Crippen LogP) is 2.91. The summed E-state index contributed by atoms with van der Waals surface area (Å²) in [5.74, 6) is 0.795. The molecule has 1 aromatic heterocycles. The van der Waals surface area contributed by atoms with E-state index in [-0.39, 0.29) is 6.61 Å². The standard InChI is InChI=1S/C18H34N4O/c1-15(13-18(2,3)4)5-9-21-10-6-17(7-11-21)22-14-16(8-12-23)19-20-22/h14-15,17,23H,5-13H2,1-4H3/t15-/m0/s1. The van der Waals surface area contributed by atoms with Gasteiger partial charge in [0.05, 0.1) is 11.7 Å². The van der Waals surface area contributed by atoms with Crippen LogP contribution in [-0.2, 0) is 6.42 Å². The zero-order valence-electron chi connectivity index (χ0n) is 15.3. The summed E-state index contributed by atoms with van der Waals surface area (Å²) in [6.07, 6.45) is 7.50. The number of hydrogen-bond donors (Lipinski definition) is 1. The number of hydrogen-bond acceptors (Lipinski definition) is 4. The monoisotopic (exact) mass is 322 g/mol. The Bertz CT molecular complexity index is 458. The van der Waals surface area contributed by atoms with Gasteiger partial charge in [-0.25, -0.2) is 4.68 Å². The highest BCUT2D eigenvalue weighted by Gasteiger charge is 2.22. The van der Waals surface area contributed by atoms with Crippen LogP contribution in [0.25, 0.3) is 0 Å². The van der Waals surface area contributed by atoms with Crippen LogP contribution in [-0.4, -0.2) is 51.2 Å². The maximum absolute atomic E-state index is 8.96. The maximum Gasteiger partial charge on any atom is 0.0850 e. The molecule has 0 bridgehead atoms. The molecule has 1 fully saturated rings. The van der Waals surface area contributed by atoms with Crippen LogP contribution < -0.4 is 0 Å². The lowest BCUT2D eigenvalue weighted by atomic mass is 9.84. The molecule has 0 unspecified atom stereocenters. The molecule has 1 atom stereocenters. The summed E-state index contributed by atoms with van der Waals surface area (Å²) < 4.78 is 2.00. The maximum atomic E-state index is 8.96. The first-order valence-corrected chi connectivity index (χ1v) is 9.11. The molecular formula is C18H34N4O. The van der Waals surface area contributed by atoms with Crippen LogP contribution in [0.3, 0.4) is 0 Å². The summed E-state index contributed by atoms with van der Waals surface area (Å²) >= 11 is 0. The molecule has 0 spiro atoms. The normalized spacial score (nSPS) is 19.2. The SMILES string of the molecule is C[C@@H](CCN1CCC(n2cc(CCO)nn2)CC1)CC(C)(C)C. The third-order valence-electron chi connectivity index (χ3n) is 4.76. The van der Waals surface area contributed by atoms with Crippen LogP contribution in [0, 0.1) is 11.3 Å². The number of piperidine rings is 1. The fraction of sp³-hybridized carbons (Fsp3) is 0.889. The van der Waals surface area contributed by atoms with Crippen LogP contribution in [0.2, 0.25) is 0 Å². The number of nitrogens with zero attached hydrogens (tertiary/aromatic N) is 4. The van der Waals surface area contributed by atoms with Crippen LogP contribution in [0.4, 0.5) is 0 Å². The molecule has 132 valence electrons. The summed E-state index contributed by atoms with van der Waals surface area (Å²) in [6, 6.07) is 0.471. The molecule has 1 aliphatic heterocycles. The van der Waals surface area contributed by atoms with E-state index in [1.54, 1.807) is 0 Å². The van der Waals surface area contributed by atoms with Crippen LogP contribution in [0.5, 0.6) is 0 Å². The van der Waals surface area contributed by atoms with Gasteiger partial charge in [0.1, 0.15) is 0 Å². The van der Waals surface area contributed by atoms with Gasteiger partial charge in [-0.15, -0.1) is 5.10 Å². The van der Waals surface area contributed by atoms with Gasteiger partial charge in [0, 0.05) is 32.3 Å². The molecule has 0 amide bonds. The van der Waals surface area contributed by atoms with Gasteiger partial charge >= 0.3 is 0 Å². The molecule has 2 heterocycles. The highest BCUT2D eigenvalue weighted by Crippen LogP contribution is 2.27. The largest absolute Gasteiger partial charge is 0.396 e. The first-order chi connectivity index (χ1) is 10.9. The summed E-state index contributed by atoms with van der Waals surface area (Å²) in [4.78, 5) is 2.60. The van der Waals surface area contributed by atoms with Crippen molar-refractivity contribution in [2.75, 3.05) is 26.2 Å². The van der Waals surface area contributed by atoms with E-state index < -0.39 is 0 Å². The van der Waals surface area contributed by atoms with Gasteiger partial charge < -0.3 is 10.0 Å². The van der Waals surface area contributed by atoms with Gasteiger partial charge in [0.15, 0.2) is 0 Å². The van der Waals surface area contributed by atoms with Gasteiger partial charge in [0.2, 0.25) is 0 Å². The van der Waals surface area contributed by atoms with Crippen molar-refractivity contribution in [2.24, 2.45) is 11.3 Å². The molecule has 0 radical (unpaired) electrons. The Morgan fingerprint density at radius 3 is 2.61 bits per heavy atom. The predicted molar refractivity (Wildman–Crippen MR) is 93.4 cm³/mol. The van der Waals surface area contributed by atoms with Crippen LogP contribution in [0.1, 0.15) is 65.1 Å².